The van der Waals surface area contributed by atoms with Gasteiger partial charge in [-0.05, 0) is 6.54 Å². The Kier molecular flexibility index (Phi) is 4.46. The number of hydrogen-bond acceptors (Lipinski definition) is 1. The highest BCUT2D eigenvalue weighted by Gasteiger charge is 1.67. The fourth-order valence-corrected chi connectivity index (χ4v) is 0.201. The van der Waals surface area contributed by atoms with E-state index in [0.717, 1.165) is 6.54 Å². The molecule has 1 heteroatoms. The molecule has 0 aromatic carbocycles. The zero-order valence-corrected chi connectivity index (χ0v) is 4.07. The van der Waals surface area contributed by atoms with Crippen LogP contribution in [0, 0.1) is 6.54 Å². The third-order valence-electron chi connectivity index (χ3n) is 0.440. The molecule has 0 bridgehead atoms. The number of hydrogen-bond donors (Lipinski definition) is 1. The van der Waals surface area contributed by atoms with Crippen molar-refractivity contribution in [2.45, 2.75) is 6.92 Å². The highest BCUT2D eigenvalue weighted by molar-refractivity contribution is 4.82. The van der Waals surface area contributed by atoms with Crippen molar-refractivity contribution >= 4 is 0 Å². The number of nitrogens with one attached hydrogen (secondary N) is 1. The van der Waals surface area contributed by atoms with E-state index in [2.05, 4.69) is 11.9 Å². The van der Waals surface area contributed by atoms with Gasteiger partial charge in [0.05, 0.1) is 0 Å². The van der Waals surface area contributed by atoms with Crippen LogP contribution in [0.4, 0.5) is 0 Å². The van der Waals surface area contributed by atoms with E-state index in [9.17, 15) is 0 Å². The molecule has 0 aliphatic carbocycles. The lowest BCUT2D eigenvalue weighted by Gasteiger charge is -1.87. The Bertz CT molecular complexity index is 32.9. The fraction of sp³-hybridized carbons (Fsp3) is 0.400. The molecule has 0 amide bonds. The van der Waals surface area contributed by atoms with Gasteiger partial charge in [0.2, 0.25) is 0 Å². The van der Waals surface area contributed by atoms with Crippen LogP contribution in [0.1, 0.15) is 6.92 Å². The molecular formula is C5H10N. The van der Waals surface area contributed by atoms with Crippen LogP contribution in [0.25, 0.3) is 0 Å². The molecule has 0 saturated heterocycles. The van der Waals surface area contributed by atoms with Gasteiger partial charge in [0.15, 0.2) is 0 Å². The second-order valence-electron chi connectivity index (χ2n) is 0.960. The summed E-state index contributed by atoms with van der Waals surface area (Å²) in [7, 11) is 0. The van der Waals surface area contributed by atoms with Crippen LogP contribution in [-0.4, -0.2) is 6.54 Å². The van der Waals surface area contributed by atoms with Gasteiger partial charge in [0.25, 0.3) is 0 Å². The summed E-state index contributed by atoms with van der Waals surface area (Å²) in [4.78, 5) is 0. The average molecular weight is 84.1 g/mol. The molecule has 0 aliphatic heterocycles. The molecule has 6 heavy (non-hydrogen) atoms. The van der Waals surface area contributed by atoms with E-state index in [4.69, 9.17) is 0 Å². The lowest BCUT2D eigenvalue weighted by Crippen LogP contribution is -2.05. The summed E-state index contributed by atoms with van der Waals surface area (Å²) in [5, 5.41) is 2.95. The minimum Gasteiger partial charge on any atom is -0.309 e. The first-order chi connectivity index (χ1) is 2.91. The summed E-state index contributed by atoms with van der Waals surface area (Å²) in [5.41, 5.74) is 0. The molecule has 0 heterocycles. The van der Waals surface area contributed by atoms with E-state index in [-0.39, 0.29) is 0 Å². The monoisotopic (exact) mass is 84.1 g/mol. The molecule has 1 N–H and O–H groups in total. The molecule has 0 aromatic heterocycles. The maximum atomic E-state index is 3.48. The van der Waals surface area contributed by atoms with Gasteiger partial charge >= 0.3 is 0 Å². The van der Waals surface area contributed by atoms with E-state index >= 15 is 0 Å². The first kappa shape index (κ1) is 5.70. The van der Waals surface area contributed by atoms with E-state index in [1.807, 2.05) is 13.5 Å². The molecule has 0 spiro atoms. The van der Waals surface area contributed by atoms with Crippen molar-refractivity contribution in [2.75, 3.05) is 6.54 Å². The maximum Gasteiger partial charge on any atom is 0.0439 e. The lowest BCUT2D eigenvalue weighted by molar-refractivity contribution is 0.874. The Morgan fingerprint density at radius 1 is 1.83 bits per heavy atom. The second-order valence-corrected chi connectivity index (χ2v) is 0.960. The van der Waals surface area contributed by atoms with Crippen LogP contribution >= 0.6 is 0 Å². The smallest absolute Gasteiger partial charge is 0.0439 e. The molecule has 0 atom stereocenters. The van der Waals surface area contributed by atoms with Gasteiger partial charge in [-0.2, -0.15) is 0 Å². The Hall–Kier alpha value is -0.300. The average Bonchev–Trinajstić information content (AvgIpc) is 1.61. The third kappa shape index (κ3) is 3.70. The third-order valence-corrected chi connectivity index (χ3v) is 0.440. The number of rotatable bonds is 3. The highest BCUT2D eigenvalue weighted by Crippen LogP contribution is 1.64. The van der Waals surface area contributed by atoms with Crippen LogP contribution in [0.15, 0.2) is 12.7 Å². The van der Waals surface area contributed by atoms with Gasteiger partial charge in [0, 0.05) is 6.54 Å². The molecule has 0 aliphatic rings. The van der Waals surface area contributed by atoms with Crippen molar-refractivity contribution in [1.29, 1.82) is 0 Å². The first-order valence-corrected chi connectivity index (χ1v) is 2.09. The zero-order chi connectivity index (χ0) is 4.83. The van der Waals surface area contributed by atoms with Crippen molar-refractivity contribution in [3.05, 3.63) is 19.2 Å². The Morgan fingerprint density at radius 2 is 2.50 bits per heavy atom. The van der Waals surface area contributed by atoms with E-state index in [0.29, 0.717) is 0 Å². The summed E-state index contributed by atoms with van der Waals surface area (Å²) in [6.07, 6.45) is 1.73. The van der Waals surface area contributed by atoms with Crippen LogP contribution in [0.3, 0.4) is 0 Å². The topological polar surface area (TPSA) is 12.0 Å². The predicted molar refractivity (Wildman–Crippen MR) is 28.2 cm³/mol. The van der Waals surface area contributed by atoms with Crippen LogP contribution in [-0.2, 0) is 0 Å². The Morgan fingerprint density at radius 3 is 2.67 bits per heavy atom. The van der Waals surface area contributed by atoms with Crippen molar-refractivity contribution in [2.24, 2.45) is 0 Å². The van der Waals surface area contributed by atoms with Crippen molar-refractivity contribution in [1.82, 2.24) is 5.32 Å². The summed E-state index contributed by atoms with van der Waals surface area (Å²) in [6, 6.07) is 0. The largest absolute Gasteiger partial charge is 0.309 e. The lowest BCUT2D eigenvalue weighted by atomic mass is 10.6. The SMILES string of the molecule is C=C[CH]NCC. The van der Waals surface area contributed by atoms with Gasteiger partial charge in [-0.1, -0.05) is 13.0 Å². The molecule has 0 unspecified atom stereocenters. The van der Waals surface area contributed by atoms with Crippen molar-refractivity contribution in [3.63, 3.8) is 0 Å². The first-order valence-electron chi connectivity index (χ1n) is 2.09. The normalized spacial score (nSPS) is 8.17. The molecule has 1 nitrogen and oxygen atoms in total. The highest BCUT2D eigenvalue weighted by atomic mass is 14.8. The van der Waals surface area contributed by atoms with E-state index < -0.39 is 0 Å². The minimum absolute atomic E-state index is 0.978. The maximum absolute atomic E-state index is 3.48. The molecule has 35 valence electrons. The fourth-order valence-electron chi connectivity index (χ4n) is 0.201. The number of likely N-dealkylation sites (N-methyl/N-ethyl adjacent to an activating group) is 1. The molecule has 0 saturated carbocycles. The molecule has 0 rings (SSSR count). The van der Waals surface area contributed by atoms with E-state index in [1.165, 1.54) is 0 Å². The molecule has 1 radical (unpaired) electrons. The van der Waals surface area contributed by atoms with Crippen LogP contribution in [0.2, 0.25) is 0 Å². The van der Waals surface area contributed by atoms with Gasteiger partial charge in [0.1, 0.15) is 0 Å². The van der Waals surface area contributed by atoms with Gasteiger partial charge in [-0.25, -0.2) is 0 Å². The molecular weight excluding hydrogens is 74.1 g/mol. The zero-order valence-electron chi connectivity index (χ0n) is 4.07. The molecule has 0 fully saturated rings. The summed E-state index contributed by atoms with van der Waals surface area (Å²) >= 11 is 0. The van der Waals surface area contributed by atoms with Crippen LogP contribution in [0.5, 0.6) is 0 Å². The van der Waals surface area contributed by atoms with Gasteiger partial charge in [-0.3, -0.25) is 0 Å². The summed E-state index contributed by atoms with van der Waals surface area (Å²) in [6.45, 7) is 8.32. The van der Waals surface area contributed by atoms with E-state index in [1.54, 1.807) is 6.08 Å². The Balaban J connectivity index is 2.49. The van der Waals surface area contributed by atoms with Crippen molar-refractivity contribution < 1.29 is 0 Å². The van der Waals surface area contributed by atoms with Crippen LogP contribution < -0.4 is 5.32 Å². The quantitative estimate of drug-likeness (QED) is 0.502. The standard InChI is InChI=1S/C5H10N/c1-3-5-6-4-2/h3,5-6H,1,4H2,2H3. The predicted octanol–water partition coefficient (Wildman–Crippen LogP) is 0.944. The van der Waals surface area contributed by atoms with Gasteiger partial charge in [-0.15, -0.1) is 6.58 Å². The second kappa shape index (κ2) is 4.70. The minimum atomic E-state index is 0.978. The summed E-state index contributed by atoms with van der Waals surface area (Å²) < 4.78 is 0. The van der Waals surface area contributed by atoms with Gasteiger partial charge < -0.3 is 5.32 Å². The van der Waals surface area contributed by atoms with Crippen molar-refractivity contribution in [3.8, 4) is 0 Å². The summed E-state index contributed by atoms with van der Waals surface area (Å²) in [5.74, 6) is 0. The Labute approximate surface area is 39.1 Å². The molecule has 0 aromatic rings.